The minimum absolute atomic E-state index is 0.156. The second-order valence-corrected chi connectivity index (χ2v) is 6.91. The maximum Gasteiger partial charge on any atom is 0.416 e. The van der Waals surface area contributed by atoms with E-state index in [-0.39, 0.29) is 17.7 Å². The summed E-state index contributed by atoms with van der Waals surface area (Å²) in [4.78, 5) is 19.6. The lowest BCUT2D eigenvalue weighted by Gasteiger charge is -2.34. The number of likely N-dealkylation sites (N-methyl/N-ethyl adjacent to an activating group) is 1. The number of pyridine rings is 1. The molecule has 1 aliphatic rings. The molecule has 150 valence electrons. The molecule has 0 unspecified atom stereocenters. The van der Waals surface area contributed by atoms with Crippen molar-refractivity contribution >= 4 is 5.91 Å². The van der Waals surface area contributed by atoms with Crippen LogP contribution in [-0.2, 0) is 12.7 Å². The van der Waals surface area contributed by atoms with Gasteiger partial charge in [-0.15, -0.1) is 0 Å². The Kier molecular flexibility index (Phi) is 6.00. The highest BCUT2D eigenvalue weighted by Gasteiger charge is 2.34. The summed E-state index contributed by atoms with van der Waals surface area (Å²) >= 11 is 0. The second-order valence-electron chi connectivity index (χ2n) is 6.91. The number of hydrogen-bond acceptors (Lipinski definition) is 4. The van der Waals surface area contributed by atoms with Crippen LogP contribution in [0.4, 0.5) is 13.2 Å². The number of aromatic nitrogens is 1. The molecule has 1 saturated heterocycles. The van der Waals surface area contributed by atoms with Crippen LogP contribution in [0.15, 0.2) is 36.7 Å². The highest BCUT2D eigenvalue weighted by molar-refractivity contribution is 5.93. The molecule has 28 heavy (non-hydrogen) atoms. The number of benzene rings is 1. The molecule has 1 aromatic carbocycles. The van der Waals surface area contributed by atoms with Crippen molar-refractivity contribution in [3.8, 4) is 11.1 Å². The maximum atomic E-state index is 13.7. The number of halogens is 3. The quantitative estimate of drug-likeness (QED) is 0.850. The third kappa shape index (κ3) is 4.69. The zero-order valence-electron chi connectivity index (χ0n) is 15.7. The third-order valence-corrected chi connectivity index (χ3v) is 5.08. The van der Waals surface area contributed by atoms with E-state index in [0.717, 1.165) is 38.8 Å². The van der Waals surface area contributed by atoms with E-state index in [0.29, 0.717) is 11.1 Å². The predicted octanol–water partition coefficient (Wildman–Crippen LogP) is 3.00. The Morgan fingerprint density at radius 2 is 1.75 bits per heavy atom. The molecule has 0 spiro atoms. The van der Waals surface area contributed by atoms with Crippen molar-refractivity contribution in [2.24, 2.45) is 5.73 Å². The number of amides is 1. The van der Waals surface area contributed by atoms with Gasteiger partial charge in [-0.05, 0) is 29.8 Å². The van der Waals surface area contributed by atoms with Gasteiger partial charge in [-0.1, -0.05) is 19.1 Å². The summed E-state index contributed by atoms with van der Waals surface area (Å²) in [5, 5.41) is 0. The van der Waals surface area contributed by atoms with E-state index in [1.165, 1.54) is 24.5 Å². The Morgan fingerprint density at radius 3 is 2.36 bits per heavy atom. The number of nitrogens with two attached hydrogens (primary N) is 1. The van der Waals surface area contributed by atoms with Gasteiger partial charge in [0, 0.05) is 50.7 Å². The summed E-state index contributed by atoms with van der Waals surface area (Å²) in [5.74, 6) is -0.673. The van der Waals surface area contributed by atoms with Crippen molar-refractivity contribution in [2.75, 3.05) is 32.7 Å². The van der Waals surface area contributed by atoms with Gasteiger partial charge in [0.25, 0.3) is 0 Å². The standard InChI is InChI=1S/C20H23F3N4O/c1-2-26-5-7-27(8-6-26)13-15-4-3-14(10-18(15)20(21,22)23)16-9-17(19(24)28)12-25-11-16/h3-4,9-12H,2,5-8,13H2,1H3,(H2,24,28). The minimum Gasteiger partial charge on any atom is -0.366 e. The lowest BCUT2D eigenvalue weighted by Crippen LogP contribution is -2.45. The van der Waals surface area contributed by atoms with Crippen LogP contribution in [0.2, 0.25) is 0 Å². The summed E-state index contributed by atoms with van der Waals surface area (Å²) in [6, 6.07) is 5.73. The summed E-state index contributed by atoms with van der Waals surface area (Å²) in [7, 11) is 0. The van der Waals surface area contributed by atoms with Gasteiger partial charge in [0.15, 0.2) is 0 Å². The number of carbonyl (C=O) groups is 1. The molecule has 1 amide bonds. The zero-order chi connectivity index (χ0) is 20.3. The highest BCUT2D eigenvalue weighted by Crippen LogP contribution is 2.35. The van der Waals surface area contributed by atoms with Crippen molar-refractivity contribution in [1.29, 1.82) is 0 Å². The van der Waals surface area contributed by atoms with Gasteiger partial charge in [0.05, 0.1) is 11.1 Å². The largest absolute Gasteiger partial charge is 0.416 e. The number of piperazine rings is 1. The van der Waals surface area contributed by atoms with E-state index in [1.54, 1.807) is 6.07 Å². The zero-order valence-corrected chi connectivity index (χ0v) is 15.7. The van der Waals surface area contributed by atoms with Crippen molar-refractivity contribution in [3.05, 3.63) is 53.3 Å². The van der Waals surface area contributed by atoms with Crippen LogP contribution in [0, 0.1) is 0 Å². The summed E-state index contributed by atoms with van der Waals surface area (Å²) in [6.07, 6.45) is -1.75. The van der Waals surface area contributed by atoms with Crippen LogP contribution >= 0.6 is 0 Å². The topological polar surface area (TPSA) is 62.5 Å². The molecule has 5 nitrogen and oxygen atoms in total. The van der Waals surface area contributed by atoms with Gasteiger partial charge in [-0.3, -0.25) is 14.7 Å². The van der Waals surface area contributed by atoms with Gasteiger partial charge in [0.2, 0.25) is 5.91 Å². The van der Waals surface area contributed by atoms with Gasteiger partial charge < -0.3 is 10.6 Å². The first-order valence-electron chi connectivity index (χ1n) is 9.18. The van der Waals surface area contributed by atoms with Gasteiger partial charge >= 0.3 is 6.18 Å². The van der Waals surface area contributed by atoms with Gasteiger partial charge in [-0.2, -0.15) is 13.2 Å². The maximum absolute atomic E-state index is 13.7. The SMILES string of the molecule is CCN1CCN(Cc2ccc(-c3cncc(C(N)=O)c3)cc2C(F)(F)F)CC1. The minimum atomic E-state index is -4.47. The molecule has 0 saturated carbocycles. The summed E-state index contributed by atoms with van der Waals surface area (Å²) in [5.41, 5.74) is 5.76. The molecule has 2 heterocycles. The van der Waals surface area contributed by atoms with E-state index < -0.39 is 17.6 Å². The van der Waals surface area contributed by atoms with E-state index in [9.17, 15) is 18.0 Å². The average molecular weight is 392 g/mol. The molecule has 8 heteroatoms. The first kappa shape index (κ1) is 20.3. The van der Waals surface area contributed by atoms with Crippen molar-refractivity contribution in [1.82, 2.24) is 14.8 Å². The van der Waals surface area contributed by atoms with Crippen molar-refractivity contribution in [3.63, 3.8) is 0 Å². The van der Waals surface area contributed by atoms with Crippen LogP contribution in [0.5, 0.6) is 0 Å². The number of hydrogen-bond donors (Lipinski definition) is 1. The molecule has 0 bridgehead atoms. The van der Waals surface area contributed by atoms with Crippen LogP contribution < -0.4 is 5.73 Å². The third-order valence-electron chi connectivity index (χ3n) is 5.08. The Bertz CT molecular complexity index is 846. The normalized spacial score (nSPS) is 16.3. The Labute approximate surface area is 162 Å². The fourth-order valence-corrected chi connectivity index (χ4v) is 3.39. The first-order valence-corrected chi connectivity index (χ1v) is 9.18. The fraction of sp³-hybridized carbons (Fsp3) is 0.400. The molecule has 0 aliphatic carbocycles. The van der Waals surface area contributed by atoms with Gasteiger partial charge in [-0.25, -0.2) is 0 Å². The Hall–Kier alpha value is -2.45. The van der Waals surface area contributed by atoms with E-state index in [2.05, 4.69) is 16.8 Å². The highest BCUT2D eigenvalue weighted by atomic mass is 19.4. The Morgan fingerprint density at radius 1 is 1.07 bits per heavy atom. The number of carbonyl (C=O) groups excluding carboxylic acids is 1. The van der Waals surface area contributed by atoms with Crippen LogP contribution in [-0.4, -0.2) is 53.4 Å². The molecule has 0 atom stereocenters. The molecular formula is C20H23F3N4O. The molecule has 3 rings (SSSR count). The summed E-state index contributed by atoms with van der Waals surface area (Å²) in [6.45, 7) is 6.51. The fourth-order valence-electron chi connectivity index (χ4n) is 3.39. The lowest BCUT2D eigenvalue weighted by atomic mass is 9.98. The summed E-state index contributed by atoms with van der Waals surface area (Å²) < 4.78 is 41.1. The number of nitrogens with zero attached hydrogens (tertiary/aromatic N) is 3. The number of alkyl halides is 3. The van der Waals surface area contributed by atoms with E-state index in [1.807, 2.05) is 4.90 Å². The lowest BCUT2D eigenvalue weighted by molar-refractivity contribution is -0.138. The van der Waals surface area contributed by atoms with E-state index in [4.69, 9.17) is 5.73 Å². The molecule has 1 aromatic heterocycles. The molecular weight excluding hydrogens is 369 g/mol. The van der Waals surface area contributed by atoms with Crippen LogP contribution in [0.25, 0.3) is 11.1 Å². The Balaban J connectivity index is 1.88. The number of primary amides is 1. The molecule has 1 aliphatic heterocycles. The average Bonchev–Trinajstić information content (AvgIpc) is 2.68. The van der Waals surface area contributed by atoms with Crippen molar-refractivity contribution in [2.45, 2.75) is 19.6 Å². The predicted molar refractivity (Wildman–Crippen MR) is 101 cm³/mol. The smallest absolute Gasteiger partial charge is 0.366 e. The van der Waals surface area contributed by atoms with Crippen LogP contribution in [0.3, 0.4) is 0 Å². The van der Waals surface area contributed by atoms with Gasteiger partial charge in [0.1, 0.15) is 0 Å². The molecule has 0 radical (unpaired) electrons. The first-order chi connectivity index (χ1) is 13.3. The number of rotatable bonds is 5. The molecule has 1 fully saturated rings. The molecule has 2 N–H and O–H groups in total. The molecule has 2 aromatic rings. The van der Waals surface area contributed by atoms with Crippen molar-refractivity contribution < 1.29 is 18.0 Å². The monoisotopic (exact) mass is 392 g/mol. The second kappa shape index (κ2) is 8.28. The van der Waals surface area contributed by atoms with E-state index >= 15 is 0 Å². The van der Waals surface area contributed by atoms with Crippen LogP contribution in [0.1, 0.15) is 28.4 Å².